The van der Waals surface area contributed by atoms with Crippen LogP contribution in [0.15, 0.2) is 18.2 Å². The normalized spacial score (nSPS) is 10.5. The van der Waals surface area contributed by atoms with Crippen LogP contribution in [-0.2, 0) is 9.47 Å². The first-order valence-corrected chi connectivity index (χ1v) is 6.77. The Labute approximate surface area is 123 Å². The molecule has 20 heavy (non-hydrogen) atoms. The molecule has 1 aromatic carbocycles. The maximum Gasteiger partial charge on any atom is 0.293 e. The molecule has 7 heteroatoms. The third-order valence-corrected chi connectivity index (χ3v) is 2.85. The predicted molar refractivity (Wildman–Crippen MR) is 78.5 cm³/mol. The standard InChI is InChI=1S/C13H19ClN2O4/c1-19-8-9-20-7-3-2-6-15-12-5-4-11(14)10-13(12)16(17)18/h4-5,10,15H,2-3,6-9H2,1H3. The average Bonchev–Trinajstić information content (AvgIpc) is 2.43. The summed E-state index contributed by atoms with van der Waals surface area (Å²) in [5.74, 6) is 0. The Bertz CT molecular complexity index is 429. The molecule has 0 radical (unpaired) electrons. The van der Waals surface area contributed by atoms with Crippen LogP contribution in [0.4, 0.5) is 11.4 Å². The highest BCUT2D eigenvalue weighted by molar-refractivity contribution is 6.30. The Morgan fingerprint density at radius 3 is 2.80 bits per heavy atom. The van der Waals surface area contributed by atoms with Gasteiger partial charge in [-0.05, 0) is 25.0 Å². The fraction of sp³-hybridized carbons (Fsp3) is 0.538. The number of nitrogens with one attached hydrogen (secondary N) is 1. The molecule has 0 unspecified atom stereocenters. The summed E-state index contributed by atoms with van der Waals surface area (Å²) in [5, 5.41) is 14.3. The zero-order valence-corrected chi connectivity index (χ0v) is 12.2. The van der Waals surface area contributed by atoms with E-state index in [2.05, 4.69) is 5.32 Å². The Morgan fingerprint density at radius 1 is 1.30 bits per heavy atom. The second kappa shape index (κ2) is 9.52. The third kappa shape index (κ3) is 6.18. The second-order valence-electron chi connectivity index (χ2n) is 4.16. The number of hydrogen-bond acceptors (Lipinski definition) is 5. The van der Waals surface area contributed by atoms with Gasteiger partial charge in [-0.1, -0.05) is 11.6 Å². The Balaban J connectivity index is 2.27. The fourth-order valence-electron chi connectivity index (χ4n) is 1.60. The highest BCUT2D eigenvalue weighted by atomic mass is 35.5. The first-order valence-electron chi connectivity index (χ1n) is 6.39. The minimum absolute atomic E-state index is 0.00570. The summed E-state index contributed by atoms with van der Waals surface area (Å²) in [7, 11) is 1.63. The highest BCUT2D eigenvalue weighted by Crippen LogP contribution is 2.27. The van der Waals surface area contributed by atoms with Crippen molar-refractivity contribution in [1.82, 2.24) is 0 Å². The SMILES string of the molecule is COCCOCCCCNc1ccc(Cl)cc1[N+](=O)[O-]. The van der Waals surface area contributed by atoms with E-state index in [1.54, 1.807) is 19.2 Å². The minimum Gasteiger partial charge on any atom is -0.382 e. The molecule has 0 fully saturated rings. The van der Waals surface area contributed by atoms with Crippen LogP contribution in [-0.4, -0.2) is 38.4 Å². The van der Waals surface area contributed by atoms with Crippen LogP contribution in [0, 0.1) is 10.1 Å². The number of ether oxygens (including phenoxy) is 2. The lowest BCUT2D eigenvalue weighted by Gasteiger charge is -2.07. The first kappa shape index (κ1) is 16.7. The van der Waals surface area contributed by atoms with Gasteiger partial charge in [-0.25, -0.2) is 0 Å². The van der Waals surface area contributed by atoms with Crippen molar-refractivity contribution in [2.24, 2.45) is 0 Å². The van der Waals surface area contributed by atoms with Crippen molar-refractivity contribution >= 4 is 23.0 Å². The summed E-state index contributed by atoms with van der Waals surface area (Å²) in [4.78, 5) is 10.4. The van der Waals surface area contributed by atoms with Crippen molar-refractivity contribution < 1.29 is 14.4 Å². The second-order valence-corrected chi connectivity index (χ2v) is 4.59. The van der Waals surface area contributed by atoms with Gasteiger partial charge in [0.1, 0.15) is 5.69 Å². The molecule has 0 amide bonds. The maximum absolute atomic E-state index is 10.9. The van der Waals surface area contributed by atoms with Gasteiger partial charge < -0.3 is 14.8 Å². The van der Waals surface area contributed by atoms with Crippen molar-refractivity contribution in [3.05, 3.63) is 33.3 Å². The number of benzene rings is 1. The van der Waals surface area contributed by atoms with E-state index in [4.69, 9.17) is 21.1 Å². The largest absolute Gasteiger partial charge is 0.382 e. The molecule has 0 aromatic heterocycles. The van der Waals surface area contributed by atoms with Gasteiger partial charge in [0.15, 0.2) is 0 Å². The maximum atomic E-state index is 10.9. The van der Waals surface area contributed by atoms with Gasteiger partial charge in [-0.3, -0.25) is 10.1 Å². The van der Waals surface area contributed by atoms with E-state index in [0.29, 0.717) is 37.1 Å². The molecule has 112 valence electrons. The Morgan fingerprint density at radius 2 is 2.10 bits per heavy atom. The summed E-state index contributed by atoms with van der Waals surface area (Å²) in [6.07, 6.45) is 1.75. The predicted octanol–water partition coefficient (Wildman–Crippen LogP) is 3.10. The number of unbranched alkanes of at least 4 members (excludes halogenated alkanes) is 1. The van der Waals surface area contributed by atoms with Gasteiger partial charge in [0, 0.05) is 31.4 Å². The molecule has 1 N–H and O–H groups in total. The Kier molecular flexibility index (Phi) is 7.94. The average molecular weight is 303 g/mol. The zero-order valence-electron chi connectivity index (χ0n) is 11.4. The molecule has 0 atom stereocenters. The van der Waals surface area contributed by atoms with E-state index >= 15 is 0 Å². The van der Waals surface area contributed by atoms with Gasteiger partial charge in [0.05, 0.1) is 18.1 Å². The number of anilines is 1. The van der Waals surface area contributed by atoms with Crippen LogP contribution in [0.1, 0.15) is 12.8 Å². The van der Waals surface area contributed by atoms with Crippen molar-refractivity contribution in [3.8, 4) is 0 Å². The molecule has 1 rings (SSSR count). The van der Waals surface area contributed by atoms with Crippen molar-refractivity contribution in [2.75, 3.05) is 38.8 Å². The lowest BCUT2D eigenvalue weighted by Crippen LogP contribution is -2.07. The lowest BCUT2D eigenvalue weighted by atomic mass is 10.2. The molecule has 0 heterocycles. The monoisotopic (exact) mass is 302 g/mol. The molecule has 0 spiro atoms. The number of halogens is 1. The topological polar surface area (TPSA) is 73.6 Å². The van der Waals surface area contributed by atoms with Gasteiger partial charge in [0.25, 0.3) is 5.69 Å². The minimum atomic E-state index is -0.442. The third-order valence-electron chi connectivity index (χ3n) is 2.62. The molecule has 6 nitrogen and oxygen atoms in total. The van der Waals surface area contributed by atoms with Crippen molar-refractivity contribution in [3.63, 3.8) is 0 Å². The van der Waals surface area contributed by atoms with E-state index in [0.717, 1.165) is 12.8 Å². The van der Waals surface area contributed by atoms with Crippen LogP contribution < -0.4 is 5.32 Å². The summed E-state index contributed by atoms with van der Waals surface area (Å²) in [6.45, 7) is 2.49. The van der Waals surface area contributed by atoms with Crippen LogP contribution in [0.3, 0.4) is 0 Å². The molecular formula is C13H19ClN2O4. The van der Waals surface area contributed by atoms with Crippen LogP contribution in [0.2, 0.25) is 5.02 Å². The van der Waals surface area contributed by atoms with E-state index < -0.39 is 4.92 Å². The molecule has 0 aliphatic rings. The molecule has 0 saturated carbocycles. The summed E-state index contributed by atoms with van der Waals surface area (Å²) in [5.41, 5.74) is 0.480. The first-order chi connectivity index (χ1) is 9.65. The molecular weight excluding hydrogens is 284 g/mol. The van der Waals surface area contributed by atoms with Crippen molar-refractivity contribution in [1.29, 1.82) is 0 Å². The van der Waals surface area contributed by atoms with Gasteiger partial charge in [-0.15, -0.1) is 0 Å². The van der Waals surface area contributed by atoms with Crippen LogP contribution in [0.5, 0.6) is 0 Å². The smallest absolute Gasteiger partial charge is 0.293 e. The Hall–Kier alpha value is -1.37. The van der Waals surface area contributed by atoms with Crippen LogP contribution in [0.25, 0.3) is 0 Å². The number of nitro benzene ring substituents is 1. The van der Waals surface area contributed by atoms with Gasteiger partial charge >= 0.3 is 0 Å². The quantitative estimate of drug-likeness (QED) is 0.408. The van der Waals surface area contributed by atoms with E-state index in [9.17, 15) is 10.1 Å². The van der Waals surface area contributed by atoms with Crippen molar-refractivity contribution in [2.45, 2.75) is 12.8 Å². The molecule has 0 aliphatic carbocycles. The number of hydrogen-bond donors (Lipinski definition) is 1. The molecule has 0 aliphatic heterocycles. The van der Waals surface area contributed by atoms with Gasteiger partial charge in [0.2, 0.25) is 0 Å². The molecule has 1 aromatic rings. The molecule has 0 saturated heterocycles. The number of nitro groups is 1. The van der Waals surface area contributed by atoms with Crippen LogP contribution >= 0.6 is 11.6 Å². The summed E-state index contributed by atoms with van der Waals surface area (Å²) < 4.78 is 10.2. The highest BCUT2D eigenvalue weighted by Gasteiger charge is 2.13. The summed E-state index contributed by atoms with van der Waals surface area (Å²) >= 11 is 5.75. The van der Waals surface area contributed by atoms with E-state index in [1.807, 2.05) is 0 Å². The van der Waals surface area contributed by atoms with E-state index in [-0.39, 0.29) is 5.69 Å². The zero-order chi connectivity index (χ0) is 14.8. The fourth-order valence-corrected chi connectivity index (χ4v) is 1.77. The lowest BCUT2D eigenvalue weighted by molar-refractivity contribution is -0.383. The van der Waals surface area contributed by atoms with E-state index in [1.165, 1.54) is 6.07 Å². The number of nitrogens with zero attached hydrogens (tertiary/aromatic N) is 1. The summed E-state index contributed by atoms with van der Waals surface area (Å²) in [6, 6.07) is 4.60. The number of methoxy groups -OCH3 is 1. The number of rotatable bonds is 10. The molecule has 0 bridgehead atoms. The van der Waals surface area contributed by atoms with Gasteiger partial charge in [-0.2, -0.15) is 0 Å².